The van der Waals surface area contributed by atoms with Crippen molar-refractivity contribution in [1.29, 1.82) is 0 Å². The van der Waals surface area contributed by atoms with Gasteiger partial charge in [0.15, 0.2) is 0 Å². The van der Waals surface area contributed by atoms with E-state index in [1.165, 1.54) is 24.6 Å². The van der Waals surface area contributed by atoms with E-state index in [0.717, 1.165) is 32.7 Å². The lowest BCUT2D eigenvalue weighted by molar-refractivity contribution is -0.192. The van der Waals surface area contributed by atoms with E-state index in [-0.39, 0.29) is 29.5 Å². The summed E-state index contributed by atoms with van der Waals surface area (Å²) >= 11 is 0. The van der Waals surface area contributed by atoms with Gasteiger partial charge in [0.25, 0.3) is 0 Å². The number of nitrogens with one attached hydrogen (secondary N) is 1. The molecule has 40 heavy (non-hydrogen) atoms. The minimum atomic E-state index is -5.08. The normalized spacial score (nSPS) is 16.7. The Hall–Kier alpha value is -2.66. The van der Waals surface area contributed by atoms with Crippen LogP contribution in [0, 0.1) is 0 Å². The van der Waals surface area contributed by atoms with Crippen molar-refractivity contribution in [3.05, 3.63) is 18.2 Å². The number of benzene rings is 1. The van der Waals surface area contributed by atoms with E-state index in [1.807, 2.05) is 0 Å². The van der Waals surface area contributed by atoms with E-state index >= 15 is 0 Å². The first-order chi connectivity index (χ1) is 18.9. The summed E-state index contributed by atoms with van der Waals surface area (Å²) in [7, 11) is -0.971. The first-order valence-corrected chi connectivity index (χ1v) is 14.1. The van der Waals surface area contributed by atoms with Crippen molar-refractivity contribution < 1.29 is 50.5 Å². The molecule has 2 fully saturated rings. The van der Waals surface area contributed by atoms with Crippen LogP contribution in [-0.2, 0) is 24.3 Å². The highest BCUT2D eigenvalue weighted by Crippen LogP contribution is 2.31. The maximum absolute atomic E-state index is 13.7. The van der Waals surface area contributed by atoms with Crippen LogP contribution < -0.4 is 14.8 Å². The molecular weight excluding hydrogens is 561 g/mol. The summed E-state index contributed by atoms with van der Waals surface area (Å²) < 4.78 is 76.5. The Morgan fingerprint density at radius 1 is 1.07 bits per heavy atom. The molecule has 0 aliphatic carbocycles. The number of carboxylic acid groups (broad SMARTS) is 1. The van der Waals surface area contributed by atoms with Gasteiger partial charge in [-0.1, -0.05) is 0 Å². The molecule has 0 bridgehead atoms. The highest BCUT2D eigenvalue weighted by atomic mass is 32.2. The smallest absolute Gasteiger partial charge is 0.490 e. The molecule has 2 N–H and O–H groups in total. The van der Waals surface area contributed by atoms with Gasteiger partial charge >= 0.3 is 12.1 Å². The molecule has 2 aliphatic rings. The molecule has 0 saturated carbocycles. The van der Waals surface area contributed by atoms with Gasteiger partial charge in [-0.2, -0.15) is 17.5 Å². The number of methoxy groups -OCH3 is 2. The molecule has 2 saturated heterocycles. The Bertz CT molecular complexity index is 1060. The van der Waals surface area contributed by atoms with E-state index in [4.69, 9.17) is 24.1 Å². The molecule has 0 spiro atoms. The van der Waals surface area contributed by atoms with Gasteiger partial charge in [-0.3, -0.25) is 9.69 Å². The predicted octanol–water partition coefficient (Wildman–Crippen LogP) is 0.872. The molecule has 0 radical (unpaired) electrons. The number of rotatable bonds is 11. The van der Waals surface area contributed by atoms with Crippen molar-refractivity contribution in [1.82, 2.24) is 19.4 Å². The van der Waals surface area contributed by atoms with E-state index in [9.17, 15) is 26.4 Å². The summed E-state index contributed by atoms with van der Waals surface area (Å²) in [4.78, 5) is 25.7. The average molecular weight is 599 g/mol. The van der Waals surface area contributed by atoms with E-state index in [1.54, 1.807) is 17.0 Å². The van der Waals surface area contributed by atoms with Gasteiger partial charge in [0.05, 0.1) is 27.4 Å². The number of carbonyl (C=O) groups is 2. The van der Waals surface area contributed by atoms with Crippen LogP contribution in [0.15, 0.2) is 23.1 Å². The monoisotopic (exact) mass is 598 g/mol. The van der Waals surface area contributed by atoms with Crippen molar-refractivity contribution in [2.45, 2.75) is 23.9 Å². The van der Waals surface area contributed by atoms with E-state index in [0.29, 0.717) is 45.0 Å². The fourth-order valence-corrected chi connectivity index (χ4v) is 5.71. The fraction of sp³-hybridized carbons (Fsp3) is 0.667. The molecule has 1 aromatic rings. The number of sulfonamides is 1. The molecule has 0 aromatic heterocycles. The lowest BCUT2D eigenvalue weighted by Crippen LogP contribution is -2.47. The van der Waals surface area contributed by atoms with Crippen LogP contribution in [-0.4, -0.2) is 132 Å². The van der Waals surface area contributed by atoms with Crippen LogP contribution in [0.5, 0.6) is 11.5 Å². The third-order valence-electron chi connectivity index (χ3n) is 6.26. The van der Waals surface area contributed by atoms with Gasteiger partial charge in [-0.05, 0) is 25.1 Å². The summed E-state index contributed by atoms with van der Waals surface area (Å²) in [5, 5.41) is 10.3. The number of morpholine rings is 1. The Morgan fingerprint density at radius 3 is 2.25 bits per heavy atom. The summed E-state index contributed by atoms with van der Waals surface area (Å²) in [6, 6.07) is 4.72. The van der Waals surface area contributed by atoms with E-state index in [2.05, 4.69) is 10.2 Å². The third kappa shape index (κ3) is 10.4. The van der Waals surface area contributed by atoms with Crippen LogP contribution in [0.25, 0.3) is 0 Å². The van der Waals surface area contributed by atoms with Crippen molar-refractivity contribution in [3.8, 4) is 11.5 Å². The van der Waals surface area contributed by atoms with Gasteiger partial charge in [-0.15, -0.1) is 0 Å². The highest BCUT2D eigenvalue weighted by molar-refractivity contribution is 7.89. The first-order valence-electron chi connectivity index (χ1n) is 12.7. The minimum Gasteiger partial charge on any atom is -0.497 e. The first kappa shape index (κ1) is 33.5. The SMILES string of the molecule is COc1ccc(OC)c(S(=O)(=O)N(CCCN2CCOCC2)CCC(=O)N2CCNCC2)c1.O=C(O)C(F)(F)F. The number of halogens is 3. The van der Waals surface area contributed by atoms with Gasteiger partial charge in [-0.25, -0.2) is 13.2 Å². The Morgan fingerprint density at radius 2 is 1.70 bits per heavy atom. The summed E-state index contributed by atoms with van der Waals surface area (Å²) in [6.07, 6.45) is -4.28. The van der Waals surface area contributed by atoms with Gasteiger partial charge in [0.2, 0.25) is 15.9 Å². The molecule has 228 valence electrons. The number of piperazine rings is 1. The average Bonchev–Trinajstić information content (AvgIpc) is 2.95. The minimum absolute atomic E-state index is 0.0255. The fourth-order valence-electron chi connectivity index (χ4n) is 4.06. The van der Waals surface area contributed by atoms with Crippen molar-refractivity contribution in [3.63, 3.8) is 0 Å². The van der Waals surface area contributed by atoms with Crippen molar-refractivity contribution >= 4 is 21.9 Å². The quantitative estimate of drug-likeness (QED) is 0.378. The maximum Gasteiger partial charge on any atom is 0.490 e. The Balaban J connectivity index is 0.000000708. The molecule has 2 heterocycles. The molecular formula is C24H37F3N4O8S. The van der Waals surface area contributed by atoms with Crippen molar-refractivity contribution in [2.24, 2.45) is 0 Å². The molecule has 1 amide bonds. The van der Waals surface area contributed by atoms with E-state index < -0.39 is 22.2 Å². The highest BCUT2D eigenvalue weighted by Gasteiger charge is 2.38. The largest absolute Gasteiger partial charge is 0.497 e. The Kier molecular flexibility index (Phi) is 13.4. The summed E-state index contributed by atoms with van der Waals surface area (Å²) in [5.41, 5.74) is 0. The second-order valence-electron chi connectivity index (χ2n) is 8.91. The number of hydrogen-bond acceptors (Lipinski definition) is 9. The van der Waals surface area contributed by atoms with Crippen LogP contribution in [0.3, 0.4) is 0 Å². The van der Waals surface area contributed by atoms with Crippen LogP contribution >= 0.6 is 0 Å². The van der Waals surface area contributed by atoms with Gasteiger partial charge in [0, 0.05) is 64.8 Å². The molecule has 12 nitrogen and oxygen atoms in total. The zero-order valence-electron chi connectivity index (χ0n) is 22.6. The standard InChI is InChI=1S/C22H36N4O6S.C2HF3O2/c1-30-19-4-5-20(31-2)21(18-19)33(28,29)26(10-3-9-24-14-16-32-17-15-24)11-6-22(27)25-12-7-23-8-13-25;3-2(4,5)1(6)7/h4-5,18,23H,3,6-17H2,1-2H3;(H,6,7). The molecule has 2 aliphatic heterocycles. The second-order valence-corrected chi connectivity index (χ2v) is 10.8. The number of nitrogens with zero attached hydrogens (tertiary/aromatic N) is 3. The number of carboxylic acids is 1. The van der Waals surface area contributed by atoms with Gasteiger partial charge < -0.3 is 29.5 Å². The topological polar surface area (TPSA) is 138 Å². The maximum atomic E-state index is 13.7. The third-order valence-corrected chi connectivity index (χ3v) is 8.18. The molecule has 1 aromatic carbocycles. The number of alkyl halides is 3. The number of ether oxygens (including phenoxy) is 3. The van der Waals surface area contributed by atoms with Crippen LogP contribution in [0.4, 0.5) is 13.2 Å². The molecule has 0 atom stereocenters. The van der Waals surface area contributed by atoms with Gasteiger partial charge in [0.1, 0.15) is 16.4 Å². The zero-order valence-corrected chi connectivity index (χ0v) is 23.4. The second kappa shape index (κ2) is 16.0. The summed E-state index contributed by atoms with van der Waals surface area (Å²) in [6.45, 7) is 7.10. The van der Waals surface area contributed by atoms with Crippen molar-refractivity contribution in [2.75, 3.05) is 86.3 Å². The Labute approximate surface area is 232 Å². The van der Waals surface area contributed by atoms with Crippen LogP contribution in [0.2, 0.25) is 0 Å². The lowest BCUT2D eigenvalue weighted by Gasteiger charge is -2.30. The number of amides is 1. The number of aliphatic carboxylic acids is 1. The molecule has 3 rings (SSSR count). The lowest BCUT2D eigenvalue weighted by atomic mass is 10.3. The number of hydrogen-bond donors (Lipinski definition) is 2. The summed E-state index contributed by atoms with van der Waals surface area (Å²) in [5.74, 6) is -2.10. The predicted molar refractivity (Wildman–Crippen MR) is 138 cm³/mol. The van der Waals surface area contributed by atoms with Crippen LogP contribution in [0.1, 0.15) is 12.8 Å². The number of carbonyl (C=O) groups excluding carboxylic acids is 1. The zero-order chi connectivity index (χ0) is 29.8. The molecule has 16 heteroatoms. The molecule has 0 unspecified atom stereocenters.